The van der Waals surface area contributed by atoms with E-state index in [4.69, 9.17) is 23.7 Å². The molecule has 0 amide bonds. The number of cyclic esters (lactones) is 1. The lowest BCUT2D eigenvalue weighted by Gasteiger charge is -2.65. The van der Waals surface area contributed by atoms with Gasteiger partial charge in [-0.1, -0.05) is 13.8 Å². The normalized spacial score (nSPS) is 52.0. The Balaban J connectivity index is 1.24. The van der Waals surface area contributed by atoms with Gasteiger partial charge < -0.3 is 39.0 Å². The second-order valence-electron chi connectivity index (χ2n) is 14.4. The molecule has 0 radical (unpaired) electrons. The fourth-order valence-electron chi connectivity index (χ4n) is 10.5. The summed E-state index contributed by atoms with van der Waals surface area (Å²) < 4.78 is 28.9. The predicted molar refractivity (Wildman–Crippen MR) is 149 cm³/mol. The highest BCUT2D eigenvalue weighted by atomic mass is 16.7. The third-order valence-corrected chi connectivity index (χ3v) is 12.7. The van der Waals surface area contributed by atoms with E-state index in [0.717, 1.165) is 44.1 Å². The number of fused-ring (bicyclic) bond motifs is 5. The smallest absolute Gasteiger partial charge is 0.331 e. The lowest BCUT2D eigenvalue weighted by atomic mass is 9.42. The molecule has 10 heteroatoms. The van der Waals surface area contributed by atoms with Crippen LogP contribution in [0.5, 0.6) is 0 Å². The monoisotopic (exact) mass is 592 g/mol. The fraction of sp³-hybridized carbons (Fsp3) is 0.875. The minimum absolute atomic E-state index is 0.0601. The van der Waals surface area contributed by atoms with Gasteiger partial charge in [0.05, 0.1) is 17.8 Å². The SMILES string of the molecule is CO[C@@H]1[C@@H](O)[C@H](C)O[C@@H](O[C@@H]2C[C@@H]3CC[C@H]4[C@@H](CC[C@]5(C)[C@H](C6=CC(=O)OC6)CC[C@]45O)[C@@]3(C)[C@@H](OC(C)=O)C2)[C@@H]1O. The Hall–Kier alpha value is -1.56. The second-order valence-corrected chi connectivity index (χ2v) is 14.4. The third-order valence-electron chi connectivity index (χ3n) is 12.7. The van der Waals surface area contributed by atoms with Crippen molar-refractivity contribution >= 4 is 11.9 Å². The number of hydrogen-bond donors (Lipinski definition) is 3. The van der Waals surface area contributed by atoms with Crippen molar-refractivity contribution < 1.29 is 48.6 Å². The minimum Gasteiger partial charge on any atom is -0.462 e. The summed E-state index contributed by atoms with van der Waals surface area (Å²) in [6, 6.07) is 0. The largest absolute Gasteiger partial charge is 0.462 e. The molecule has 5 fully saturated rings. The molecular weight excluding hydrogens is 544 g/mol. The molecule has 4 saturated carbocycles. The van der Waals surface area contributed by atoms with Crippen molar-refractivity contribution in [2.24, 2.45) is 34.5 Å². The molecule has 0 spiro atoms. The Morgan fingerprint density at radius 2 is 1.81 bits per heavy atom. The maximum Gasteiger partial charge on any atom is 0.331 e. The molecule has 4 aliphatic carbocycles. The zero-order chi connectivity index (χ0) is 30.2. The van der Waals surface area contributed by atoms with Crippen LogP contribution in [0, 0.1) is 34.5 Å². The van der Waals surface area contributed by atoms with Crippen LogP contribution in [0.15, 0.2) is 11.6 Å². The first-order chi connectivity index (χ1) is 19.8. The van der Waals surface area contributed by atoms with Gasteiger partial charge in [0.15, 0.2) is 6.29 Å². The van der Waals surface area contributed by atoms with E-state index in [1.807, 2.05) is 0 Å². The van der Waals surface area contributed by atoms with Gasteiger partial charge in [0.2, 0.25) is 0 Å². The summed E-state index contributed by atoms with van der Waals surface area (Å²) in [5.74, 6) is -0.0945. The van der Waals surface area contributed by atoms with Crippen molar-refractivity contribution in [2.45, 2.75) is 128 Å². The topological polar surface area (TPSA) is 141 Å². The Morgan fingerprint density at radius 3 is 2.48 bits per heavy atom. The zero-order valence-corrected chi connectivity index (χ0v) is 25.5. The molecule has 10 nitrogen and oxygen atoms in total. The summed E-state index contributed by atoms with van der Waals surface area (Å²) in [5.41, 5.74) is -0.555. The molecule has 0 aromatic rings. The number of aliphatic hydroxyl groups excluding tert-OH is 2. The number of hydrogen-bond acceptors (Lipinski definition) is 10. The van der Waals surface area contributed by atoms with Gasteiger partial charge in [-0.3, -0.25) is 4.79 Å². The van der Waals surface area contributed by atoms with Crippen LogP contribution < -0.4 is 0 Å². The van der Waals surface area contributed by atoms with Gasteiger partial charge in [-0.15, -0.1) is 0 Å². The van der Waals surface area contributed by atoms with Gasteiger partial charge in [-0.05, 0) is 81.1 Å². The molecule has 1 saturated heterocycles. The van der Waals surface area contributed by atoms with Gasteiger partial charge in [0.25, 0.3) is 0 Å². The number of methoxy groups -OCH3 is 1. The van der Waals surface area contributed by atoms with Crippen molar-refractivity contribution in [3.63, 3.8) is 0 Å². The summed E-state index contributed by atoms with van der Waals surface area (Å²) in [5, 5.41) is 33.8. The molecule has 0 bridgehead atoms. The zero-order valence-electron chi connectivity index (χ0n) is 25.5. The Kier molecular flexibility index (Phi) is 7.84. The molecule has 2 aliphatic heterocycles. The van der Waals surface area contributed by atoms with Crippen LogP contribution in [0.2, 0.25) is 0 Å². The number of esters is 2. The third kappa shape index (κ3) is 4.50. The Morgan fingerprint density at radius 1 is 1.05 bits per heavy atom. The van der Waals surface area contributed by atoms with Crippen LogP contribution in [-0.2, 0) is 33.3 Å². The van der Waals surface area contributed by atoms with Crippen LogP contribution >= 0.6 is 0 Å². The predicted octanol–water partition coefficient (Wildman–Crippen LogP) is 2.65. The van der Waals surface area contributed by atoms with E-state index in [1.165, 1.54) is 14.0 Å². The first-order valence-electron chi connectivity index (χ1n) is 15.8. The molecule has 0 aromatic heterocycles. The lowest BCUT2D eigenvalue weighted by molar-refractivity contribution is -0.318. The molecule has 2 heterocycles. The first-order valence-corrected chi connectivity index (χ1v) is 15.8. The van der Waals surface area contributed by atoms with E-state index in [-0.39, 0.29) is 52.5 Å². The van der Waals surface area contributed by atoms with E-state index in [9.17, 15) is 24.9 Å². The van der Waals surface area contributed by atoms with Crippen molar-refractivity contribution in [3.05, 3.63) is 11.6 Å². The van der Waals surface area contributed by atoms with Gasteiger partial charge in [-0.2, -0.15) is 0 Å². The van der Waals surface area contributed by atoms with Gasteiger partial charge in [-0.25, -0.2) is 4.79 Å². The van der Waals surface area contributed by atoms with Crippen LogP contribution in [-0.4, -0.2) is 89.5 Å². The van der Waals surface area contributed by atoms with E-state index in [0.29, 0.717) is 19.4 Å². The summed E-state index contributed by atoms with van der Waals surface area (Å²) in [6.45, 7) is 7.93. The van der Waals surface area contributed by atoms with Gasteiger partial charge in [0.1, 0.15) is 31.0 Å². The highest BCUT2D eigenvalue weighted by molar-refractivity contribution is 5.85. The summed E-state index contributed by atoms with van der Waals surface area (Å²) >= 11 is 0. The summed E-state index contributed by atoms with van der Waals surface area (Å²) in [6.07, 6.45) is 2.58. The lowest BCUT2D eigenvalue weighted by Crippen LogP contribution is -2.66. The summed E-state index contributed by atoms with van der Waals surface area (Å²) in [7, 11) is 1.45. The standard InChI is InChI=1S/C32H48O10/c1-16-26(35)28(38-5)27(36)29(40-16)42-20-13-19-6-7-23-22(31(19,4)24(14-20)41-17(2)33)8-10-30(3)21(9-11-32(23,30)37)18-12-25(34)39-15-18/h12,16,19-24,26-29,35-37H,6-11,13-15H2,1-5H3/t16-,19-,20+,21-,22+,23-,24-,26-,27+,28+,29-,30+,31-,32-/m0/s1. The quantitative estimate of drug-likeness (QED) is 0.322. The highest BCUT2D eigenvalue weighted by Gasteiger charge is 2.69. The number of aliphatic hydroxyl groups is 3. The average molecular weight is 593 g/mol. The van der Waals surface area contributed by atoms with E-state index >= 15 is 0 Å². The van der Waals surface area contributed by atoms with Crippen molar-refractivity contribution in [1.29, 1.82) is 0 Å². The molecule has 3 N–H and O–H groups in total. The van der Waals surface area contributed by atoms with Crippen LogP contribution in [0.1, 0.15) is 79.1 Å². The molecule has 42 heavy (non-hydrogen) atoms. The van der Waals surface area contributed by atoms with Crippen LogP contribution in [0.3, 0.4) is 0 Å². The number of ether oxygens (including phenoxy) is 5. The van der Waals surface area contributed by atoms with Crippen LogP contribution in [0.25, 0.3) is 0 Å². The molecule has 14 atom stereocenters. The van der Waals surface area contributed by atoms with E-state index < -0.39 is 42.4 Å². The number of rotatable bonds is 5. The molecule has 6 rings (SSSR count). The van der Waals surface area contributed by atoms with Crippen molar-refractivity contribution in [1.82, 2.24) is 0 Å². The second kappa shape index (κ2) is 10.8. The Labute approximate surface area is 248 Å². The molecular formula is C32H48O10. The van der Waals surface area contributed by atoms with Gasteiger partial charge >= 0.3 is 11.9 Å². The average Bonchev–Trinajstić information content (AvgIpc) is 3.47. The molecule has 0 aromatic carbocycles. The van der Waals surface area contributed by atoms with E-state index in [2.05, 4.69) is 13.8 Å². The molecule has 0 unspecified atom stereocenters. The van der Waals surface area contributed by atoms with Gasteiger partial charge in [0, 0.05) is 37.4 Å². The van der Waals surface area contributed by atoms with E-state index in [1.54, 1.807) is 13.0 Å². The van der Waals surface area contributed by atoms with Crippen LogP contribution in [0.4, 0.5) is 0 Å². The number of carbonyl (C=O) groups excluding carboxylic acids is 2. The molecule has 6 aliphatic rings. The maximum absolute atomic E-state index is 12.6. The number of carbonyl (C=O) groups is 2. The minimum atomic E-state index is -1.16. The Bertz CT molecular complexity index is 1110. The first kappa shape index (κ1) is 30.5. The van der Waals surface area contributed by atoms with Crippen molar-refractivity contribution in [3.8, 4) is 0 Å². The highest BCUT2D eigenvalue weighted by Crippen LogP contribution is 2.70. The molecule has 236 valence electrons. The maximum atomic E-state index is 12.6. The summed E-state index contributed by atoms with van der Waals surface area (Å²) in [4.78, 5) is 24.3. The fourth-order valence-corrected chi connectivity index (χ4v) is 10.5. The van der Waals surface area contributed by atoms with Crippen molar-refractivity contribution in [2.75, 3.05) is 13.7 Å².